The number of para-hydroxylation sites is 4. The molecule has 0 amide bonds. The summed E-state index contributed by atoms with van der Waals surface area (Å²) in [5.41, 5.74) is 23.3. The lowest BCUT2D eigenvalue weighted by atomic mass is 10.0. The second kappa shape index (κ2) is 17.2. The van der Waals surface area contributed by atoms with E-state index in [2.05, 4.69) is 213 Å². The number of hydrogen-bond acceptors (Lipinski definition) is 3. The van der Waals surface area contributed by atoms with Crippen molar-refractivity contribution in [2.24, 2.45) is 0 Å². The number of nitrogens with two attached hydrogens (primary N) is 1. The molecule has 0 fully saturated rings. The fraction of sp³-hybridized carbons (Fsp3) is 0.0308. The van der Waals surface area contributed by atoms with Crippen molar-refractivity contribution in [3.8, 4) is 45.4 Å². The minimum absolute atomic E-state index is 0.434. The fourth-order valence-electron chi connectivity index (χ4n) is 11.0. The molecule has 0 aliphatic rings. The van der Waals surface area contributed by atoms with Crippen molar-refractivity contribution in [1.29, 1.82) is 5.26 Å². The first-order chi connectivity index (χ1) is 34.9. The summed E-state index contributed by atoms with van der Waals surface area (Å²) in [5, 5.41) is 18.8. The number of nitriles is 1. The van der Waals surface area contributed by atoms with Gasteiger partial charge in [0.25, 0.3) is 0 Å². The lowest BCUT2D eigenvalue weighted by molar-refractivity contribution is 1.03. The van der Waals surface area contributed by atoms with Gasteiger partial charge in [-0.15, -0.1) is 0 Å². The maximum Gasteiger partial charge on any atom is 0.105 e. The highest BCUT2D eigenvalue weighted by Gasteiger charge is 2.34. The molecular formula is C65H48N6. The Balaban J connectivity index is 1.36. The van der Waals surface area contributed by atoms with E-state index in [1.54, 1.807) is 6.08 Å². The zero-order chi connectivity index (χ0) is 48.3. The molecule has 0 unspecified atom stereocenters. The molecule has 2 N–H and O–H groups in total. The standard InChI is InChI=1S/C65H48N6/c1-5-21-42(3)68(43(4)22-6-2)64-61(67)65(71-59-37-35-46(44-23-9-7-10-24-44)39-52(59)53-40-47(36-38-60(53)71)45-25-11-8-12-26-45)63(70-57-33-19-15-29-50(57)51-30-16-20-34-58(51)70)54(41-66)62(64)69-55-31-17-13-27-48(55)49-28-14-18-32-56(49)69/h5-40H,1,4,67H2,2-3H3/b22-6-,42-21+. The minimum Gasteiger partial charge on any atom is -0.395 e. The zero-order valence-corrected chi connectivity index (χ0v) is 39.5. The highest BCUT2D eigenvalue weighted by atomic mass is 15.2. The quantitative estimate of drug-likeness (QED) is 0.110. The predicted molar refractivity (Wildman–Crippen MR) is 300 cm³/mol. The van der Waals surface area contributed by atoms with E-state index in [9.17, 15) is 5.26 Å². The van der Waals surface area contributed by atoms with Gasteiger partial charge in [0.05, 0.1) is 61.5 Å². The molecule has 3 aromatic heterocycles. The SMILES string of the molecule is C=C/C=C(\C)N(C(=C)/C=C\C)c1c(N)c(-n2c3ccc(-c4ccccc4)cc3c3cc(-c4ccccc4)ccc32)c(-n2c3ccccc3c3ccccc32)c(C#N)c1-n1c2ccccc2c2ccccc21. The molecule has 0 bridgehead atoms. The van der Waals surface area contributed by atoms with Crippen molar-refractivity contribution < 1.29 is 0 Å². The maximum absolute atomic E-state index is 12.4. The Morgan fingerprint density at radius 3 is 1.32 bits per heavy atom. The summed E-state index contributed by atoms with van der Waals surface area (Å²) < 4.78 is 6.80. The number of anilines is 2. The summed E-state index contributed by atoms with van der Waals surface area (Å²) in [5.74, 6) is 0. The van der Waals surface area contributed by atoms with Gasteiger partial charge in [-0.25, -0.2) is 0 Å². The molecule has 12 aromatic rings. The average molecular weight is 913 g/mol. The minimum atomic E-state index is 0.434. The molecule has 6 nitrogen and oxygen atoms in total. The van der Waals surface area contributed by atoms with E-state index in [1.807, 2.05) is 44.2 Å². The second-order valence-corrected chi connectivity index (χ2v) is 17.9. The van der Waals surface area contributed by atoms with Gasteiger partial charge < -0.3 is 24.3 Å². The summed E-state index contributed by atoms with van der Waals surface area (Å²) >= 11 is 0. The molecule has 3 heterocycles. The summed E-state index contributed by atoms with van der Waals surface area (Å²) in [6.07, 6.45) is 7.71. The molecule has 9 aromatic carbocycles. The van der Waals surface area contributed by atoms with Crippen LogP contribution in [0.1, 0.15) is 19.4 Å². The summed E-state index contributed by atoms with van der Waals surface area (Å²) in [6.45, 7) is 12.9. The van der Waals surface area contributed by atoms with Crippen molar-refractivity contribution in [3.05, 3.63) is 249 Å². The molecule has 0 spiro atoms. The van der Waals surface area contributed by atoms with Gasteiger partial charge >= 0.3 is 0 Å². The van der Waals surface area contributed by atoms with Gasteiger partial charge in [-0.1, -0.05) is 171 Å². The average Bonchev–Trinajstić information content (AvgIpc) is 4.04. The summed E-state index contributed by atoms with van der Waals surface area (Å²) in [4.78, 5) is 2.09. The van der Waals surface area contributed by atoms with Crippen LogP contribution in [0.3, 0.4) is 0 Å². The van der Waals surface area contributed by atoms with E-state index in [4.69, 9.17) is 12.3 Å². The highest BCUT2D eigenvalue weighted by Crippen LogP contribution is 2.51. The van der Waals surface area contributed by atoms with Crippen LogP contribution in [0.2, 0.25) is 0 Å². The van der Waals surface area contributed by atoms with Gasteiger partial charge in [0.15, 0.2) is 0 Å². The normalized spacial score (nSPS) is 12.0. The molecule has 71 heavy (non-hydrogen) atoms. The lowest BCUT2D eigenvalue weighted by Crippen LogP contribution is -2.25. The largest absolute Gasteiger partial charge is 0.395 e. The van der Waals surface area contributed by atoms with E-state index in [-0.39, 0.29) is 0 Å². The van der Waals surface area contributed by atoms with E-state index < -0.39 is 0 Å². The Hall–Kier alpha value is -9.57. The summed E-state index contributed by atoms with van der Waals surface area (Å²) in [6, 6.07) is 71.0. The van der Waals surface area contributed by atoms with E-state index in [0.717, 1.165) is 93.4 Å². The molecule has 0 saturated carbocycles. The Labute approximate surface area is 412 Å². The fourth-order valence-corrected chi connectivity index (χ4v) is 11.0. The van der Waals surface area contributed by atoms with Crippen molar-refractivity contribution in [2.75, 3.05) is 10.6 Å². The van der Waals surface area contributed by atoms with Crippen LogP contribution in [0.4, 0.5) is 11.4 Å². The number of rotatable bonds is 10. The van der Waals surface area contributed by atoms with Gasteiger partial charge in [0, 0.05) is 43.7 Å². The van der Waals surface area contributed by atoms with E-state index in [0.29, 0.717) is 39.7 Å². The van der Waals surface area contributed by atoms with Crippen LogP contribution in [0.25, 0.3) is 105 Å². The third kappa shape index (κ3) is 6.63. The van der Waals surface area contributed by atoms with Crippen molar-refractivity contribution in [3.63, 3.8) is 0 Å². The van der Waals surface area contributed by atoms with Gasteiger partial charge in [-0.05, 0) is 96.8 Å². The number of hydrogen-bond donors (Lipinski definition) is 1. The van der Waals surface area contributed by atoms with Gasteiger partial charge in [-0.3, -0.25) is 0 Å². The molecule has 6 heteroatoms. The molecular weight excluding hydrogens is 865 g/mol. The number of nitrogen functional groups attached to an aromatic ring is 1. The number of allylic oxidation sites excluding steroid dienone is 5. The Kier molecular flexibility index (Phi) is 10.4. The van der Waals surface area contributed by atoms with Crippen LogP contribution in [0.15, 0.2) is 243 Å². The Morgan fingerprint density at radius 2 is 0.901 bits per heavy atom. The summed E-state index contributed by atoms with van der Waals surface area (Å²) in [7, 11) is 0. The first-order valence-corrected chi connectivity index (χ1v) is 23.9. The lowest BCUT2D eigenvalue weighted by Gasteiger charge is -2.33. The zero-order valence-electron chi connectivity index (χ0n) is 39.5. The molecule has 0 saturated heterocycles. The topological polar surface area (TPSA) is 67.8 Å². The Bertz CT molecular complexity index is 4040. The van der Waals surface area contributed by atoms with Crippen LogP contribution in [0.5, 0.6) is 0 Å². The predicted octanol–water partition coefficient (Wildman–Crippen LogP) is 16.8. The van der Waals surface area contributed by atoms with Crippen LogP contribution < -0.4 is 10.6 Å². The maximum atomic E-state index is 12.4. The first kappa shape index (κ1) is 42.8. The highest BCUT2D eigenvalue weighted by molar-refractivity contribution is 6.16. The van der Waals surface area contributed by atoms with Crippen molar-refractivity contribution in [2.45, 2.75) is 13.8 Å². The van der Waals surface area contributed by atoms with Crippen LogP contribution in [-0.4, -0.2) is 13.7 Å². The number of benzene rings is 9. The van der Waals surface area contributed by atoms with Crippen molar-refractivity contribution >= 4 is 76.8 Å². The molecule has 0 aliphatic carbocycles. The Morgan fingerprint density at radius 1 is 0.507 bits per heavy atom. The number of fused-ring (bicyclic) bond motifs is 9. The van der Waals surface area contributed by atoms with Gasteiger partial charge in [0.2, 0.25) is 0 Å². The first-order valence-electron chi connectivity index (χ1n) is 23.9. The third-order valence-corrected chi connectivity index (χ3v) is 13.9. The number of aromatic nitrogens is 3. The number of nitrogens with zero attached hydrogens (tertiary/aromatic N) is 5. The van der Waals surface area contributed by atoms with Crippen LogP contribution in [-0.2, 0) is 0 Å². The van der Waals surface area contributed by atoms with Gasteiger partial charge in [0.1, 0.15) is 11.6 Å². The van der Waals surface area contributed by atoms with E-state index >= 15 is 0 Å². The van der Waals surface area contributed by atoms with E-state index in [1.165, 1.54) is 0 Å². The molecule has 0 aliphatic heterocycles. The molecule has 12 rings (SSSR count). The molecule has 0 atom stereocenters. The van der Waals surface area contributed by atoms with Crippen molar-refractivity contribution in [1.82, 2.24) is 13.7 Å². The third-order valence-electron chi connectivity index (χ3n) is 13.9. The monoisotopic (exact) mass is 912 g/mol. The van der Waals surface area contributed by atoms with Gasteiger partial charge in [-0.2, -0.15) is 5.26 Å². The smallest absolute Gasteiger partial charge is 0.105 e. The molecule has 338 valence electrons. The molecule has 0 radical (unpaired) electrons. The second-order valence-electron chi connectivity index (χ2n) is 17.9. The van der Waals surface area contributed by atoms with Crippen LogP contribution >= 0.6 is 0 Å². The van der Waals surface area contributed by atoms with Crippen LogP contribution in [0, 0.1) is 11.3 Å².